The lowest BCUT2D eigenvalue weighted by Gasteiger charge is -2.31. The van der Waals surface area contributed by atoms with E-state index in [1.165, 1.54) is 6.07 Å². The Kier molecular flexibility index (Phi) is 11.4. The van der Waals surface area contributed by atoms with E-state index in [1.54, 1.807) is 24.0 Å². The predicted molar refractivity (Wildman–Crippen MR) is 145 cm³/mol. The second-order valence-corrected chi connectivity index (χ2v) is 10.4. The number of ether oxygens (including phenoxy) is 1. The maximum atomic E-state index is 13.9. The van der Waals surface area contributed by atoms with Crippen molar-refractivity contribution >= 4 is 11.8 Å². The number of rotatable bonds is 14. The number of benzene rings is 2. The number of carbonyl (C=O) groups is 2. The molecular weight excluding hydrogens is 506 g/mol. The fourth-order valence-electron chi connectivity index (χ4n) is 4.71. The van der Waals surface area contributed by atoms with E-state index < -0.39 is 35.8 Å². The van der Waals surface area contributed by atoms with Crippen molar-refractivity contribution < 1.29 is 33.3 Å². The second kappa shape index (κ2) is 14.5. The Hall–Kier alpha value is -2.88. The Morgan fingerprint density at radius 2 is 1.62 bits per heavy atom. The van der Waals surface area contributed by atoms with Crippen molar-refractivity contribution in [1.82, 2.24) is 10.2 Å². The summed E-state index contributed by atoms with van der Waals surface area (Å²) in [6.07, 6.45) is 1.50. The summed E-state index contributed by atoms with van der Waals surface area (Å²) in [4.78, 5) is 28.3. The third kappa shape index (κ3) is 8.81. The molecule has 0 unspecified atom stereocenters. The number of nitrogens with zero attached hydrogens (tertiary/aromatic N) is 1. The van der Waals surface area contributed by atoms with E-state index in [9.17, 15) is 28.6 Å². The van der Waals surface area contributed by atoms with Crippen LogP contribution in [0.5, 0.6) is 0 Å². The van der Waals surface area contributed by atoms with Gasteiger partial charge in [-0.3, -0.25) is 9.59 Å². The van der Waals surface area contributed by atoms with Crippen LogP contribution in [-0.4, -0.2) is 71.0 Å². The number of aliphatic hydroxyl groups is 2. The van der Waals surface area contributed by atoms with E-state index in [4.69, 9.17) is 4.74 Å². The average molecular weight is 547 g/mol. The number of nitrogens with one attached hydrogen (secondary N) is 1. The molecule has 0 saturated heterocycles. The van der Waals surface area contributed by atoms with Crippen LogP contribution in [0.15, 0.2) is 36.4 Å². The standard InChI is InChI=1S/C30H40F2N2O5/c1-4-9-34(10-5-2)30(38)22-12-19(3)11-21(16-22)29(37)33-26(15-20-13-23(31)17-24(32)14-20)28(36)27(35)18-39-25-7-6-8-25/h11-14,16-17,25-28,35-36H,4-10,15,18H2,1-3H3,(H,33,37)/t26-,27+,28+/m0/s1. The third-order valence-corrected chi connectivity index (χ3v) is 6.92. The first kappa shape index (κ1) is 30.7. The number of carbonyl (C=O) groups excluding carboxylic acids is 2. The smallest absolute Gasteiger partial charge is 0.253 e. The van der Waals surface area contributed by atoms with Crippen molar-refractivity contribution in [3.8, 4) is 0 Å². The minimum Gasteiger partial charge on any atom is -0.388 e. The fourth-order valence-corrected chi connectivity index (χ4v) is 4.71. The molecular formula is C30H40F2N2O5. The molecule has 3 atom stereocenters. The normalized spacial score (nSPS) is 15.8. The first-order valence-electron chi connectivity index (χ1n) is 13.8. The van der Waals surface area contributed by atoms with Crippen LogP contribution in [0.2, 0.25) is 0 Å². The molecule has 1 saturated carbocycles. The van der Waals surface area contributed by atoms with Gasteiger partial charge in [0.15, 0.2) is 0 Å². The molecule has 1 aliphatic rings. The Morgan fingerprint density at radius 1 is 1.00 bits per heavy atom. The summed E-state index contributed by atoms with van der Waals surface area (Å²) in [6.45, 7) is 6.83. The molecule has 0 aromatic heterocycles. The van der Waals surface area contributed by atoms with E-state index >= 15 is 0 Å². The van der Waals surface area contributed by atoms with E-state index in [-0.39, 0.29) is 36.2 Å². The fraction of sp³-hybridized carbons (Fsp3) is 0.533. The molecule has 214 valence electrons. The van der Waals surface area contributed by atoms with E-state index in [0.29, 0.717) is 24.2 Å². The van der Waals surface area contributed by atoms with Crippen LogP contribution in [0, 0.1) is 18.6 Å². The van der Waals surface area contributed by atoms with Gasteiger partial charge in [0.25, 0.3) is 11.8 Å². The Morgan fingerprint density at radius 3 is 2.18 bits per heavy atom. The number of halogens is 2. The van der Waals surface area contributed by atoms with Gasteiger partial charge in [0.05, 0.1) is 18.8 Å². The van der Waals surface area contributed by atoms with Gasteiger partial charge in [-0.1, -0.05) is 13.8 Å². The van der Waals surface area contributed by atoms with Gasteiger partial charge in [0.2, 0.25) is 0 Å². The molecule has 9 heteroatoms. The predicted octanol–water partition coefficient (Wildman–Crippen LogP) is 4.17. The molecule has 3 rings (SSSR count). The van der Waals surface area contributed by atoms with Crippen molar-refractivity contribution in [3.63, 3.8) is 0 Å². The topological polar surface area (TPSA) is 99.1 Å². The first-order valence-corrected chi connectivity index (χ1v) is 13.8. The molecule has 1 aliphatic carbocycles. The van der Waals surface area contributed by atoms with Gasteiger partial charge in [-0.2, -0.15) is 0 Å². The molecule has 39 heavy (non-hydrogen) atoms. The summed E-state index contributed by atoms with van der Waals surface area (Å²) < 4.78 is 33.4. The van der Waals surface area contributed by atoms with Crippen LogP contribution in [0.3, 0.4) is 0 Å². The zero-order valence-electron chi connectivity index (χ0n) is 23.0. The van der Waals surface area contributed by atoms with Gasteiger partial charge in [-0.05, 0) is 86.9 Å². The van der Waals surface area contributed by atoms with Crippen LogP contribution in [-0.2, 0) is 11.2 Å². The molecule has 1 fully saturated rings. The van der Waals surface area contributed by atoms with Gasteiger partial charge in [0.1, 0.15) is 23.8 Å². The van der Waals surface area contributed by atoms with Crippen molar-refractivity contribution in [3.05, 3.63) is 70.3 Å². The van der Waals surface area contributed by atoms with Gasteiger partial charge in [-0.15, -0.1) is 0 Å². The van der Waals surface area contributed by atoms with Crippen LogP contribution in [0.4, 0.5) is 8.78 Å². The Labute approximate surface area is 229 Å². The van der Waals surface area contributed by atoms with Gasteiger partial charge >= 0.3 is 0 Å². The van der Waals surface area contributed by atoms with Crippen LogP contribution < -0.4 is 5.32 Å². The minimum atomic E-state index is -1.48. The average Bonchev–Trinajstić information content (AvgIpc) is 2.85. The highest BCUT2D eigenvalue weighted by atomic mass is 19.1. The molecule has 2 aromatic carbocycles. The number of aliphatic hydroxyl groups excluding tert-OH is 2. The van der Waals surface area contributed by atoms with Crippen molar-refractivity contribution in [2.75, 3.05) is 19.7 Å². The lowest BCUT2D eigenvalue weighted by Crippen LogP contribution is -2.51. The molecule has 2 amide bonds. The lowest BCUT2D eigenvalue weighted by atomic mass is 9.95. The maximum Gasteiger partial charge on any atom is 0.253 e. The largest absolute Gasteiger partial charge is 0.388 e. The van der Waals surface area contributed by atoms with E-state index in [0.717, 1.165) is 50.3 Å². The molecule has 0 aliphatic heterocycles. The van der Waals surface area contributed by atoms with Crippen molar-refractivity contribution in [2.45, 2.75) is 83.6 Å². The molecule has 0 radical (unpaired) electrons. The molecule has 2 aromatic rings. The second-order valence-electron chi connectivity index (χ2n) is 10.4. The molecule has 0 heterocycles. The monoisotopic (exact) mass is 546 g/mol. The number of amides is 2. The zero-order valence-corrected chi connectivity index (χ0v) is 23.0. The molecule has 0 bridgehead atoms. The summed E-state index contributed by atoms with van der Waals surface area (Å²) in [5, 5.41) is 24.3. The highest BCUT2D eigenvalue weighted by molar-refractivity contribution is 6.00. The minimum absolute atomic E-state index is 0.0282. The lowest BCUT2D eigenvalue weighted by molar-refractivity contribution is -0.0860. The van der Waals surface area contributed by atoms with Gasteiger partial charge in [-0.25, -0.2) is 8.78 Å². The van der Waals surface area contributed by atoms with Crippen LogP contribution in [0.25, 0.3) is 0 Å². The quantitative estimate of drug-likeness (QED) is 0.331. The van der Waals surface area contributed by atoms with Crippen molar-refractivity contribution in [2.24, 2.45) is 0 Å². The summed E-state index contributed by atoms with van der Waals surface area (Å²) in [6, 6.07) is 6.73. The highest BCUT2D eigenvalue weighted by Crippen LogP contribution is 2.23. The summed E-state index contributed by atoms with van der Waals surface area (Å²) in [5.41, 5.74) is 1.49. The summed E-state index contributed by atoms with van der Waals surface area (Å²) in [7, 11) is 0. The van der Waals surface area contributed by atoms with E-state index in [2.05, 4.69) is 5.32 Å². The molecule has 0 spiro atoms. The van der Waals surface area contributed by atoms with Crippen LogP contribution in [0.1, 0.15) is 77.8 Å². The number of aryl methyl sites for hydroxylation is 1. The Bertz CT molecular complexity index is 1100. The van der Waals surface area contributed by atoms with E-state index in [1.807, 2.05) is 13.8 Å². The number of hydrogen-bond donors (Lipinski definition) is 3. The maximum absolute atomic E-state index is 13.9. The first-order chi connectivity index (χ1) is 18.6. The Balaban J connectivity index is 1.83. The zero-order chi connectivity index (χ0) is 28.5. The summed E-state index contributed by atoms with van der Waals surface area (Å²) in [5.74, 6) is -2.34. The molecule has 3 N–H and O–H groups in total. The third-order valence-electron chi connectivity index (χ3n) is 6.92. The van der Waals surface area contributed by atoms with Gasteiger partial charge < -0.3 is 25.2 Å². The summed E-state index contributed by atoms with van der Waals surface area (Å²) >= 11 is 0. The number of hydrogen-bond acceptors (Lipinski definition) is 5. The van der Waals surface area contributed by atoms with Crippen molar-refractivity contribution in [1.29, 1.82) is 0 Å². The van der Waals surface area contributed by atoms with Gasteiger partial charge in [0, 0.05) is 30.3 Å². The van der Waals surface area contributed by atoms with Crippen LogP contribution >= 0.6 is 0 Å². The SMILES string of the molecule is CCCN(CCC)C(=O)c1cc(C)cc(C(=O)N[C@@H](Cc2cc(F)cc(F)c2)[C@@H](O)[C@H](O)COC2CCC2)c1. The molecule has 7 nitrogen and oxygen atoms in total. The highest BCUT2D eigenvalue weighted by Gasteiger charge is 2.30.